The molecular weight excluding hydrogens is 426 g/mol. The molecule has 2 amide bonds. The van der Waals surface area contributed by atoms with Gasteiger partial charge in [-0.2, -0.15) is 0 Å². The van der Waals surface area contributed by atoms with Crippen LogP contribution in [0.5, 0.6) is 0 Å². The molecule has 4 rings (SSSR count). The Morgan fingerprint density at radius 3 is 2.03 bits per heavy atom. The van der Waals surface area contributed by atoms with Gasteiger partial charge >= 0.3 is 0 Å². The predicted octanol–water partition coefficient (Wildman–Crippen LogP) is 3.64. The van der Waals surface area contributed by atoms with E-state index < -0.39 is 5.54 Å². The van der Waals surface area contributed by atoms with Crippen molar-refractivity contribution in [1.29, 1.82) is 0 Å². The first-order chi connectivity index (χ1) is 16.4. The van der Waals surface area contributed by atoms with Gasteiger partial charge in [0.25, 0.3) is 11.5 Å². The molecule has 0 saturated heterocycles. The van der Waals surface area contributed by atoms with Crippen molar-refractivity contribution >= 4 is 11.8 Å². The quantitative estimate of drug-likeness (QED) is 0.589. The summed E-state index contributed by atoms with van der Waals surface area (Å²) < 4.78 is 1.43. The monoisotopic (exact) mass is 457 g/mol. The van der Waals surface area contributed by atoms with Gasteiger partial charge in [-0.1, -0.05) is 60.7 Å². The van der Waals surface area contributed by atoms with Gasteiger partial charge in [0.2, 0.25) is 5.91 Å². The molecule has 0 unspecified atom stereocenters. The third-order valence-electron chi connectivity index (χ3n) is 6.97. The summed E-state index contributed by atoms with van der Waals surface area (Å²) in [5.74, 6) is -0.491. The van der Waals surface area contributed by atoms with Crippen LogP contribution in [0.2, 0.25) is 0 Å². The summed E-state index contributed by atoms with van der Waals surface area (Å²) in [6, 6.07) is 21.8. The minimum absolute atomic E-state index is 0.109. The Labute approximate surface area is 200 Å². The largest absolute Gasteiger partial charge is 0.357 e. The summed E-state index contributed by atoms with van der Waals surface area (Å²) in [5.41, 5.74) is 2.02. The number of benzene rings is 2. The number of amides is 2. The van der Waals surface area contributed by atoms with Crippen molar-refractivity contribution in [1.82, 2.24) is 14.8 Å². The normalized spacial score (nSPS) is 14.4. The van der Waals surface area contributed by atoms with E-state index in [9.17, 15) is 14.4 Å². The fourth-order valence-corrected chi connectivity index (χ4v) is 4.92. The van der Waals surface area contributed by atoms with Crippen molar-refractivity contribution in [2.24, 2.45) is 7.05 Å². The standard InChI is InChI=1S/C28H31N3O3/c1-20-17-23(18-30(3)25(20)32)26(33)31(28(15-10-16-28)27(34)29-2)19-24(21-11-6-4-7-12-21)22-13-8-5-9-14-22/h4-9,11-14,17-18,24H,10,15-16,19H2,1-3H3,(H,29,34). The molecular formula is C28H31N3O3. The molecule has 1 saturated carbocycles. The number of likely N-dealkylation sites (N-methyl/N-ethyl adjacent to an activating group) is 1. The molecule has 34 heavy (non-hydrogen) atoms. The number of pyridine rings is 1. The summed E-state index contributed by atoms with van der Waals surface area (Å²) in [6.07, 6.45) is 3.67. The van der Waals surface area contributed by atoms with E-state index in [1.54, 1.807) is 38.2 Å². The van der Waals surface area contributed by atoms with E-state index in [1.807, 2.05) is 36.4 Å². The van der Waals surface area contributed by atoms with E-state index in [2.05, 4.69) is 29.6 Å². The van der Waals surface area contributed by atoms with Crippen molar-refractivity contribution in [3.8, 4) is 0 Å². The molecule has 1 aliphatic carbocycles. The van der Waals surface area contributed by atoms with Crippen molar-refractivity contribution in [3.05, 3.63) is 106 Å². The van der Waals surface area contributed by atoms with Crippen LogP contribution in [0.15, 0.2) is 77.7 Å². The van der Waals surface area contributed by atoms with Crippen molar-refractivity contribution in [2.45, 2.75) is 37.6 Å². The maximum atomic E-state index is 14.0. The number of rotatable bonds is 7. The highest BCUT2D eigenvalue weighted by atomic mass is 16.2. The first kappa shape index (κ1) is 23.5. The molecule has 1 aliphatic rings. The number of hydrogen-bond acceptors (Lipinski definition) is 3. The molecule has 1 fully saturated rings. The molecule has 3 aromatic rings. The minimum Gasteiger partial charge on any atom is -0.357 e. The third-order valence-corrected chi connectivity index (χ3v) is 6.97. The number of aryl methyl sites for hydroxylation is 2. The second-order valence-electron chi connectivity index (χ2n) is 9.08. The first-order valence-corrected chi connectivity index (χ1v) is 11.7. The number of hydrogen-bond donors (Lipinski definition) is 1. The van der Waals surface area contributed by atoms with Crippen LogP contribution in [0.4, 0.5) is 0 Å². The molecule has 0 radical (unpaired) electrons. The van der Waals surface area contributed by atoms with Crippen molar-refractivity contribution in [2.75, 3.05) is 13.6 Å². The van der Waals surface area contributed by atoms with Gasteiger partial charge in [0.05, 0.1) is 5.56 Å². The average Bonchev–Trinajstić information content (AvgIpc) is 2.84. The first-order valence-electron chi connectivity index (χ1n) is 11.7. The molecule has 1 aromatic heterocycles. The lowest BCUT2D eigenvalue weighted by Crippen LogP contribution is -2.64. The van der Waals surface area contributed by atoms with Gasteiger partial charge in [0.15, 0.2) is 0 Å². The zero-order chi connectivity index (χ0) is 24.3. The number of nitrogens with zero attached hydrogens (tertiary/aromatic N) is 2. The number of carbonyl (C=O) groups is 2. The molecule has 1 heterocycles. The highest BCUT2D eigenvalue weighted by Gasteiger charge is 2.51. The second kappa shape index (κ2) is 9.67. The molecule has 0 atom stereocenters. The fraction of sp³-hybridized carbons (Fsp3) is 0.321. The summed E-state index contributed by atoms with van der Waals surface area (Å²) >= 11 is 0. The van der Waals surface area contributed by atoms with Gasteiger partial charge in [-0.3, -0.25) is 14.4 Å². The van der Waals surface area contributed by atoms with E-state index >= 15 is 0 Å². The van der Waals surface area contributed by atoms with Gasteiger partial charge in [-0.05, 0) is 43.4 Å². The van der Waals surface area contributed by atoms with Crippen LogP contribution in [-0.2, 0) is 11.8 Å². The Morgan fingerprint density at radius 1 is 1.03 bits per heavy atom. The average molecular weight is 458 g/mol. The lowest BCUT2D eigenvalue weighted by atomic mass is 9.73. The molecule has 6 heteroatoms. The Kier molecular flexibility index (Phi) is 6.68. The fourth-order valence-electron chi connectivity index (χ4n) is 4.92. The van der Waals surface area contributed by atoms with Crippen LogP contribution in [0.25, 0.3) is 0 Å². The van der Waals surface area contributed by atoms with Gasteiger partial charge in [0, 0.05) is 38.3 Å². The second-order valence-corrected chi connectivity index (χ2v) is 9.08. The smallest absolute Gasteiger partial charge is 0.256 e. The van der Waals surface area contributed by atoms with Gasteiger partial charge in [-0.15, -0.1) is 0 Å². The lowest BCUT2D eigenvalue weighted by Gasteiger charge is -2.49. The number of carbonyl (C=O) groups excluding carboxylic acids is 2. The molecule has 0 aliphatic heterocycles. The lowest BCUT2D eigenvalue weighted by molar-refractivity contribution is -0.137. The third kappa shape index (κ3) is 4.28. The summed E-state index contributed by atoms with van der Waals surface area (Å²) in [6.45, 7) is 2.06. The summed E-state index contributed by atoms with van der Waals surface area (Å²) in [4.78, 5) is 41.2. The highest BCUT2D eigenvalue weighted by molar-refractivity contribution is 5.99. The molecule has 2 aromatic carbocycles. The van der Waals surface area contributed by atoms with Crippen LogP contribution in [0, 0.1) is 6.92 Å². The van der Waals surface area contributed by atoms with E-state index in [-0.39, 0.29) is 23.3 Å². The van der Waals surface area contributed by atoms with E-state index in [1.165, 1.54) is 4.57 Å². The van der Waals surface area contributed by atoms with E-state index in [0.29, 0.717) is 30.5 Å². The van der Waals surface area contributed by atoms with Crippen LogP contribution in [-0.4, -0.2) is 40.4 Å². The van der Waals surface area contributed by atoms with E-state index in [4.69, 9.17) is 0 Å². The maximum Gasteiger partial charge on any atom is 0.256 e. The topological polar surface area (TPSA) is 71.4 Å². The van der Waals surface area contributed by atoms with Crippen LogP contribution in [0.3, 0.4) is 0 Å². The highest BCUT2D eigenvalue weighted by Crippen LogP contribution is 2.41. The maximum absolute atomic E-state index is 14.0. The molecule has 6 nitrogen and oxygen atoms in total. The minimum atomic E-state index is -0.906. The van der Waals surface area contributed by atoms with Crippen molar-refractivity contribution in [3.63, 3.8) is 0 Å². The molecule has 0 spiro atoms. The SMILES string of the molecule is CNC(=O)C1(N(CC(c2ccccc2)c2ccccc2)C(=O)c2cc(C)c(=O)n(C)c2)CCC1. The number of nitrogens with one attached hydrogen (secondary N) is 1. The molecule has 0 bridgehead atoms. The van der Waals surface area contributed by atoms with Crippen LogP contribution < -0.4 is 10.9 Å². The van der Waals surface area contributed by atoms with Crippen LogP contribution in [0.1, 0.15) is 52.2 Å². The van der Waals surface area contributed by atoms with Crippen LogP contribution >= 0.6 is 0 Å². The zero-order valence-electron chi connectivity index (χ0n) is 20.0. The number of aromatic nitrogens is 1. The predicted molar refractivity (Wildman–Crippen MR) is 133 cm³/mol. The molecule has 176 valence electrons. The van der Waals surface area contributed by atoms with Crippen molar-refractivity contribution < 1.29 is 9.59 Å². The zero-order valence-corrected chi connectivity index (χ0v) is 20.0. The van der Waals surface area contributed by atoms with E-state index in [0.717, 1.165) is 17.5 Å². The Balaban J connectivity index is 1.83. The van der Waals surface area contributed by atoms with Gasteiger partial charge in [-0.25, -0.2) is 0 Å². The Hall–Kier alpha value is -3.67. The Morgan fingerprint density at radius 2 is 1.59 bits per heavy atom. The summed E-state index contributed by atoms with van der Waals surface area (Å²) in [7, 11) is 3.26. The van der Waals surface area contributed by atoms with Gasteiger partial charge in [0.1, 0.15) is 5.54 Å². The molecule has 1 N–H and O–H groups in total. The Bertz CT molecular complexity index is 1170. The van der Waals surface area contributed by atoms with Gasteiger partial charge < -0.3 is 14.8 Å². The summed E-state index contributed by atoms with van der Waals surface area (Å²) in [5, 5.41) is 2.79.